The molecule has 0 aliphatic carbocycles. The van der Waals surface area contributed by atoms with Crippen molar-refractivity contribution in [3.05, 3.63) is 58.4 Å². The minimum Gasteiger partial charge on any atom is -0.508 e. The third-order valence-corrected chi connectivity index (χ3v) is 5.74. The van der Waals surface area contributed by atoms with Gasteiger partial charge in [0.25, 0.3) is 0 Å². The molecule has 0 atom stereocenters. The normalized spacial score (nSPS) is 11.3. The molecule has 4 rings (SSSR count). The molecule has 0 saturated heterocycles. The van der Waals surface area contributed by atoms with Crippen molar-refractivity contribution in [3.8, 4) is 11.5 Å². The number of thiazole rings is 1. The van der Waals surface area contributed by atoms with Crippen LogP contribution in [0.15, 0.2) is 56.0 Å². The number of hydrogen-bond acceptors (Lipinski definition) is 7. The van der Waals surface area contributed by atoms with Crippen molar-refractivity contribution >= 4 is 44.3 Å². The number of nitrogens with zero attached hydrogens (tertiary/aromatic N) is 1. The van der Waals surface area contributed by atoms with Crippen LogP contribution in [0, 0.1) is 0 Å². The van der Waals surface area contributed by atoms with Crippen molar-refractivity contribution in [2.45, 2.75) is 10.1 Å². The maximum atomic E-state index is 11.7. The lowest BCUT2D eigenvalue weighted by atomic mass is 10.1. The Hall–Kier alpha value is -2.51. The summed E-state index contributed by atoms with van der Waals surface area (Å²) in [5.41, 5.74) is 1.23. The first-order chi connectivity index (χ1) is 11.6. The highest BCUT2D eigenvalue weighted by Gasteiger charge is 2.13. The number of para-hydroxylation sites is 1. The van der Waals surface area contributed by atoms with Crippen LogP contribution in [0.25, 0.3) is 21.2 Å². The highest BCUT2D eigenvalue weighted by molar-refractivity contribution is 8.00. The molecule has 0 amide bonds. The first kappa shape index (κ1) is 15.0. The van der Waals surface area contributed by atoms with Gasteiger partial charge in [0.2, 0.25) is 0 Å². The third kappa shape index (κ3) is 2.72. The van der Waals surface area contributed by atoms with Gasteiger partial charge in [-0.1, -0.05) is 23.9 Å². The van der Waals surface area contributed by atoms with Crippen LogP contribution in [-0.4, -0.2) is 15.2 Å². The minimum atomic E-state index is -0.521. The van der Waals surface area contributed by atoms with Gasteiger partial charge in [0.15, 0.2) is 4.34 Å². The average Bonchev–Trinajstić information content (AvgIpc) is 2.94. The second-order valence-electron chi connectivity index (χ2n) is 5.16. The summed E-state index contributed by atoms with van der Waals surface area (Å²) in [5.74, 6) is 0.188. The van der Waals surface area contributed by atoms with Crippen LogP contribution >= 0.6 is 23.1 Å². The smallest absolute Gasteiger partial charge is 0.336 e. The molecule has 120 valence electrons. The van der Waals surface area contributed by atoms with E-state index >= 15 is 0 Å². The third-order valence-electron chi connectivity index (χ3n) is 3.52. The molecule has 2 aromatic carbocycles. The van der Waals surface area contributed by atoms with E-state index in [2.05, 4.69) is 4.98 Å². The number of hydrogen-bond donors (Lipinski definition) is 2. The van der Waals surface area contributed by atoms with Crippen molar-refractivity contribution in [2.75, 3.05) is 0 Å². The lowest BCUT2D eigenvalue weighted by Crippen LogP contribution is -2.00. The van der Waals surface area contributed by atoms with Crippen molar-refractivity contribution in [1.82, 2.24) is 4.98 Å². The van der Waals surface area contributed by atoms with Crippen molar-refractivity contribution in [2.24, 2.45) is 0 Å². The molecule has 2 N–H and O–H groups in total. The molecule has 5 nitrogen and oxygen atoms in total. The van der Waals surface area contributed by atoms with Crippen LogP contribution in [0.3, 0.4) is 0 Å². The number of aromatic hydroxyl groups is 2. The molecule has 24 heavy (non-hydrogen) atoms. The van der Waals surface area contributed by atoms with E-state index in [-0.39, 0.29) is 17.1 Å². The molecule has 0 aliphatic heterocycles. The van der Waals surface area contributed by atoms with Crippen LogP contribution in [0.5, 0.6) is 11.5 Å². The Labute approximate surface area is 144 Å². The number of aromatic nitrogens is 1. The van der Waals surface area contributed by atoms with Crippen LogP contribution in [-0.2, 0) is 5.75 Å². The first-order valence-electron chi connectivity index (χ1n) is 7.07. The van der Waals surface area contributed by atoms with E-state index in [1.54, 1.807) is 11.3 Å². The fourth-order valence-corrected chi connectivity index (χ4v) is 4.56. The number of fused-ring (bicyclic) bond motifs is 2. The fourth-order valence-electron chi connectivity index (χ4n) is 2.51. The molecular weight excluding hydrogens is 346 g/mol. The summed E-state index contributed by atoms with van der Waals surface area (Å²) in [6.45, 7) is 0. The van der Waals surface area contributed by atoms with E-state index in [4.69, 9.17) is 4.42 Å². The van der Waals surface area contributed by atoms with Gasteiger partial charge in [0.05, 0.1) is 15.6 Å². The minimum absolute atomic E-state index is 0.117. The Morgan fingerprint density at radius 2 is 2.00 bits per heavy atom. The quantitative estimate of drug-likeness (QED) is 0.424. The summed E-state index contributed by atoms with van der Waals surface area (Å²) < 4.78 is 7.05. The second kappa shape index (κ2) is 5.85. The number of phenolic OH excluding ortho intramolecular Hbond substituents is 2. The zero-order valence-corrected chi connectivity index (χ0v) is 13.9. The topological polar surface area (TPSA) is 83.6 Å². The number of benzene rings is 2. The lowest BCUT2D eigenvalue weighted by Gasteiger charge is -2.06. The Morgan fingerprint density at radius 3 is 2.83 bits per heavy atom. The van der Waals surface area contributed by atoms with Gasteiger partial charge in [-0.15, -0.1) is 11.3 Å². The molecule has 2 aromatic heterocycles. The highest BCUT2D eigenvalue weighted by atomic mass is 32.2. The van der Waals surface area contributed by atoms with Gasteiger partial charge >= 0.3 is 5.63 Å². The van der Waals surface area contributed by atoms with Crippen LogP contribution in [0.2, 0.25) is 0 Å². The number of rotatable bonds is 3. The summed E-state index contributed by atoms with van der Waals surface area (Å²) in [5, 5.41) is 20.1. The maximum Gasteiger partial charge on any atom is 0.336 e. The molecule has 0 saturated carbocycles. The Kier molecular flexibility index (Phi) is 3.66. The Bertz CT molecular complexity index is 1080. The lowest BCUT2D eigenvalue weighted by molar-refractivity contribution is 0.451. The van der Waals surface area contributed by atoms with Crippen LogP contribution in [0.1, 0.15) is 5.56 Å². The van der Waals surface area contributed by atoms with Gasteiger partial charge < -0.3 is 14.6 Å². The van der Waals surface area contributed by atoms with Crippen LogP contribution < -0.4 is 5.63 Å². The zero-order chi connectivity index (χ0) is 16.7. The molecule has 0 fully saturated rings. The molecule has 0 radical (unpaired) electrons. The van der Waals surface area contributed by atoms with E-state index in [1.165, 1.54) is 30.0 Å². The van der Waals surface area contributed by atoms with E-state index < -0.39 is 5.63 Å². The second-order valence-corrected chi connectivity index (χ2v) is 7.42. The average molecular weight is 357 g/mol. The molecule has 0 aliphatic rings. The predicted octanol–water partition coefficient (Wildman–Crippen LogP) is 4.11. The molecule has 0 spiro atoms. The zero-order valence-electron chi connectivity index (χ0n) is 12.2. The molecule has 0 unspecified atom stereocenters. The van der Waals surface area contributed by atoms with Crippen molar-refractivity contribution < 1.29 is 14.6 Å². The van der Waals surface area contributed by atoms with Gasteiger partial charge in [-0.05, 0) is 17.7 Å². The van der Waals surface area contributed by atoms with Gasteiger partial charge in [0.1, 0.15) is 17.1 Å². The summed E-state index contributed by atoms with van der Waals surface area (Å²) in [7, 11) is 0. The first-order valence-corrected chi connectivity index (χ1v) is 8.87. The van der Waals surface area contributed by atoms with E-state index in [0.29, 0.717) is 16.7 Å². The van der Waals surface area contributed by atoms with E-state index in [1.807, 2.05) is 24.3 Å². The maximum absolute atomic E-state index is 11.7. The summed E-state index contributed by atoms with van der Waals surface area (Å²) >= 11 is 3.07. The molecule has 4 aromatic rings. The van der Waals surface area contributed by atoms with Crippen molar-refractivity contribution in [1.29, 1.82) is 0 Å². The molecule has 2 heterocycles. The highest BCUT2D eigenvalue weighted by Crippen LogP contribution is 2.36. The summed E-state index contributed by atoms with van der Waals surface area (Å²) in [4.78, 5) is 16.3. The van der Waals surface area contributed by atoms with Gasteiger partial charge in [0, 0.05) is 24.0 Å². The number of thioether (sulfide) groups is 1. The largest absolute Gasteiger partial charge is 0.508 e. The molecule has 0 bridgehead atoms. The Morgan fingerprint density at radius 1 is 1.17 bits per heavy atom. The van der Waals surface area contributed by atoms with Gasteiger partial charge in [-0.25, -0.2) is 9.78 Å². The standard InChI is InChI=1S/C17H11NO4S2/c19-10-6-12(20)16-9(5-15(21)22-13(16)7-10)8-23-17-18-11-3-1-2-4-14(11)24-17/h1-7,19-20H,8H2. The van der Waals surface area contributed by atoms with Gasteiger partial charge in [-0.2, -0.15) is 0 Å². The Balaban J connectivity index is 1.72. The van der Waals surface area contributed by atoms with Gasteiger partial charge in [-0.3, -0.25) is 0 Å². The summed E-state index contributed by atoms with van der Waals surface area (Å²) in [6.07, 6.45) is 0. The van der Waals surface area contributed by atoms with E-state index in [0.717, 1.165) is 14.6 Å². The monoisotopic (exact) mass is 357 g/mol. The van der Waals surface area contributed by atoms with Crippen molar-refractivity contribution in [3.63, 3.8) is 0 Å². The SMILES string of the molecule is O=c1cc(CSc2nc3ccccc3s2)c2c(O)cc(O)cc2o1. The van der Waals surface area contributed by atoms with Crippen LogP contribution in [0.4, 0.5) is 0 Å². The molecule has 7 heteroatoms. The predicted molar refractivity (Wildman–Crippen MR) is 95.0 cm³/mol. The fraction of sp³-hybridized carbons (Fsp3) is 0.0588. The summed E-state index contributed by atoms with van der Waals surface area (Å²) in [6, 6.07) is 11.8. The molecular formula is C17H11NO4S2. The number of phenols is 2. The van der Waals surface area contributed by atoms with E-state index in [9.17, 15) is 15.0 Å².